The molecule has 0 saturated carbocycles. The van der Waals surface area contributed by atoms with Crippen molar-refractivity contribution < 1.29 is 4.74 Å². The average Bonchev–Trinajstić information content (AvgIpc) is 2.97. The van der Waals surface area contributed by atoms with Gasteiger partial charge in [0.15, 0.2) is 17.2 Å². The van der Waals surface area contributed by atoms with E-state index in [2.05, 4.69) is 30.5 Å². The monoisotopic (exact) mass is 244 g/mol. The largest absolute Gasteiger partial charge is 0.494 e. The second-order valence-electron chi connectivity index (χ2n) is 3.87. The zero-order valence-corrected chi connectivity index (χ0v) is 9.98. The highest BCUT2D eigenvalue weighted by Crippen LogP contribution is 2.25. The van der Waals surface area contributed by atoms with Crippen molar-refractivity contribution in [2.24, 2.45) is 0 Å². The van der Waals surface area contributed by atoms with Crippen LogP contribution in [0.2, 0.25) is 0 Å². The van der Waals surface area contributed by atoms with Crippen molar-refractivity contribution in [1.82, 2.24) is 25.1 Å². The molecule has 7 heteroatoms. The summed E-state index contributed by atoms with van der Waals surface area (Å²) in [5.74, 6) is 2.02. The van der Waals surface area contributed by atoms with Crippen molar-refractivity contribution in [1.29, 1.82) is 0 Å². The molecule has 3 heterocycles. The maximum absolute atomic E-state index is 5.28. The molecule has 3 aromatic rings. The number of anilines is 2. The zero-order chi connectivity index (χ0) is 12.5. The van der Waals surface area contributed by atoms with Crippen LogP contribution in [0.15, 0.2) is 18.5 Å². The van der Waals surface area contributed by atoms with Crippen molar-refractivity contribution in [2.75, 3.05) is 12.4 Å². The Balaban J connectivity index is 2.01. The number of hydrogen-bond donors (Lipinski definition) is 3. The Hall–Kier alpha value is -2.57. The first-order chi connectivity index (χ1) is 8.76. The van der Waals surface area contributed by atoms with E-state index >= 15 is 0 Å². The highest BCUT2D eigenvalue weighted by atomic mass is 16.5. The standard InChI is InChI=1S/C11H12N6O/c1-6-3-9(17-16-6)14-8-4-7(18-2)10-11(15-8)13-5-12-10/h3-5H,1-2H3,(H3,12,13,14,15,16,17). The maximum Gasteiger partial charge on any atom is 0.163 e. The van der Waals surface area contributed by atoms with Crippen LogP contribution in [0.25, 0.3) is 11.2 Å². The van der Waals surface area contributed by atoms with Crippen LogP contribution >= 0.6 is 0 Å². The number of aromatic nitrogens is 5. The molecule has 0 bridgehead atoms. The van der Waals surface area contributed by atoms with Crippen LogP contribution < -0.4 is 10.1 Å². The SMILES string of the molecule is COc1cc(Nc2cc(C)[nH]n2)nc2[nH]cnc12. The third kappa shape index (κ3) is 1.75. The second-order valence-corrected chi connectivity index (χ2v) is 3.87. The van der Waals surface area contributed by atoms with Crippen LogP contribution in [0.4, 0.5) is 11.6 Å². The van der Waals surface area contributed by atoms with Crippen molar-refractivity contribution in [2.45, 2.75) is 6.92 Å². The van der Waals surface area contributed by atoms with Gasteiger partial charge in [-0.25, -0.2) is 9.97 Å². The molecule has 0 aliphatic rings. The van der Waals surface area contributed by atoms with E-state index in [1.807, 2.05) is 13.0 Å². The van der Waals surface area contributed by atoms with E-state index in [-0.39, 0.29) is 0 Å². The van der Waals surface area contributed by atoms with Gasteiger partial charge in [-0.3, -0.25) is 5.10 Å². The number of H-pyrrole nitrogens is 2. The van der Waals surface area contributed by atoms with Gasteiger partial charge in [-0.1, -0.05) is 0 Å². The number of aromatic amines is 2. The fourth-order valence-electron chi connectivity index (χ4n) is 1.73. The van der Waals surface area contributed by atoms with Crippen molar-refractivity contribution in [3.05, 3.63) is 24.2 Å². The van der Waals surface area contributed by atoms with Crippen LogP contribution in [-0.2, 0) is 0 Å². The molecular formula is C11H12N6O. The number of methoxy groups -OCH3 is 1. The van der Waals surface area contributed by atoms with Crippen LogP contribution in [0.3, 0.4) is 0 Å². The van der Waals surface area contributed by atoms with Crippen LogP contribution in [-0.4, -0.2) is 32.3 Å². The summed E-state index contributed by atoms with van der Waals surface area (Å²) in [4.78, 5) is 11.5. The molecule has 18 heavy (non-hydrogen) atoms. The number of aryl methyl sites for hydroxylation is 1. The van der Waals surface area contributed by atoms with Crippen LogP contribution in [0.5, 0.6) is 5.75 Å². The van der Waals surface area contributed by atoms with Crippen molar-refractivity contribution >= 4 is 22.8 Å². The number of pyridine rings is 1. The lowest BCUT2D eigenvalue weighted by Gasteiger charge is -2.05. The molecule has 0 unspecified atom stereocenters. The molecule has 0 fully saturated rings. The van der Waals surface area contributed by atoms with Gasteiger partial charge in [0, 0.05) is 17.8 Å². The fraction of sp³-hybridized carbons (Fsp3) is 0.182. The minimum Gasteiger partial charge on any atom is -0.494 e. The lowest BCUT2D eigenvalue weighted by Crippen LogP contribution is -1.96. The molecule has 0 amide bonds. The number of nitrogens with one attached hydrogen (secondary N) is 3. The predicted molar refractivity (Wildman–Crippen MR) is 67.0 cm³/mol. The van der Waals surface area contributed by atoms with Gasteiger partial charge in [-0.2, -0.15) is 5.10 Å². The van der Waals surface area contributed by atoms with E-state index in [0.717, 1.165) is 5.69 Å². The van der Waals surface area contributed by atoms with Gasteiger partial charge in [-0.15, -0.1) is 0 Å². The zero-order valence-electron chi connectivity index (χ0n) is 9.98. The Morgan fingerprint density at radius 2 is 2.17 bits per heavy atom. The summed E-state index contributed by atoms with van der Waals surface area (Å²) >= 11 is 0. The van der Waals surface area contributed by atoms with Gasteiger partial charge < -0.3 is 15.0 Å². The van der Waals surface area contributed by atoms with Crippen LogP contribution in [0.1, 0.15) is 5.69 Å². The summed E-state index contributed by atoms with van der Waals surface area (Å²) in [6.45, 7) is 1.93. The van der Waals surface area contributed by atoms with Gasteiger partial charge in [0.1, 0.15) is 11.3 Å². The molecule has 0 aromatic carbocycles. The third-order valence-corrected chi connectivity index (χ3v) is 2.53. The highest BCUT2D eigenvalue weighted by molar-refractivity contribution is 5.80. The van der Waals surface area contributed by atoms with Gasteiger partial charge in [0.05, 0.1) is 13.4 Å². The molecule has 0 saturated heterocycles. The molecule has 0 spiro atoms. The number of ether oxygens (including phenoxy) is 1. The maximum atomic E-state index is 5.28. The molecule has 0 aliphatic heterocycles. The molecule has 3 N–H and O–H groups in total. The summed E-state index contributed by atoms with van der Waals surface area (Å²) in [6, 6.07) is 3.68. The Bertz CT molecular complexity index is 686. The summed E-state index contributed by atoms with van der Waals surface area (Å²) in [7, 11) is 1.60. The highest BCUT2D eigenvalue weighted by Gasteiger charge is 2.09. The van der Waals surface area contributed by atoms with Gasteiger partial charge >= 0.3 is 0 Å². The van der Waals surface area contributed by atoms with Gasteiger partial charge in [-0.05, 0) is 6.92 Å². The fourth-order valence-corrected chi connectivity index (χ4v) is 1.73. The minimum absolute atomic E-state index is 0.648. The minimum atomic E-state index is 0.648. The van der Waals surface area contributed by atoms with Crippen molar-refractivity contribution in [3.63, 3.8) is 0 Å². The summed E-state index contributed by atoms with van der Waals surface area (Å²) in [6.07, 6.45) is 1.59. The number of nitrogens with zero attached hydrogens (tertiary/aromatic N) is 3. The normalized spacial score (nSPS) is 10.8. The Morgan fingerprint density at radius 1 is 1.28 bits per heavy atom. The molecule has 0 aliphatic carbocycles. The summed E-state index contributed by atoms with van der Waals surface area (Å²) in [5.41, 5.74) is 2.36. The van der Waals surface area contributed by atoms with E-state index in [1.54, 1.807) is 19.5 Å². The Labute approximate surface area is 103 Å². The van der Waals surface area contributed by atoms with E-state index in [4.69, 9.17) is 4.74 Å². The number of rotatable bonds is 3. The Kier molecular flexibility index (Phi) is 2.36. The first kappa shape index (κ1) is 10.6. The molecule has 0 atom stereocenters. The summed E-state index contributed by atoms with van der Waals surface area (Å²) < 4.78 is 5.28. The predicted octanol–water partition coefficient (Wildman–Crippen LogP) is 1.74. The Morgan fingerprint density at radius 3 is 2.89 bits per heavy atom. The number of hydrogen-bond acceptors (Lipinski definition) is 5. The molecule has 92 valence electrons. The van der Waals surface area contributed by atoms with Gasteiger partial charge in [0.25, 0.3) is 0 Å². The third-order valence-electron chi connectivity index (χ3n) is 2.53. The molecule has 0 radical (unpaired) electrons. The lowest BCUT2D eigenvalue weighted by molar-refractivity contribution is 0.419. The van der Waals surface area contributed by atoms with E-state index < -0.39 is 0 Å². The topological polar surface area (TPSA) is 91.5 Å². The second kappa shape index (κ2) is 4.02. The first-order valence-electron chi connectivity index (χ1n) is 5.43. The number of imidazole rings is 1. The molecule has 3 rings (SSSR count). The van der Waals surface area contributed by atoms with E-state index in [1.165, 1.54) is 0 Å². The molecule has 3 aromatic heterocycles. The van der Waals surface area contributed by atoms with Crippen molar-refractivity contribution in [3.8, 4) is 5.75 Å². The number of fused-ring (bicyclic) bond motifs is 1. The van der Waals surface area contributed by atoms with Gasteiger partial charge in [0.2, 0.25) is 0 Å². The molecule has 7 nitrogen and oxygen atoms in total. The molecular weight excluding hydrogens is 232 g/mol. The van der Waals surface area contributed by atoms with E-state index in [9.17, 15) is 0 Å². The van der Waals surface area contributed by atoms with Crippen LogP contribution in [0, 0.1) is 6.92 Å². The smallest absolute Gasteiger partial charge is 0.163 e. The lowest BCUT2D eigenvalue weighted by atomic mass is 10.3. The first-order valence-corrected chi connectivity index (χ1v) is 5.43. The summed E-state index contributed by atoms with van der Waals surface area (Å²) in [5, 5.41) is 10.0. The average molecular weight is 244 g/mol. The quantitative estimate of drug-likeness (QED) is 0.652. The van der Waals surface area contributed by atoms with E-state index in [0.29, 0.717) is 28.5 Å².